The molecular formula is C26H19FN4O. The molecule has 2 aromatic heterocycles. The zero-order chi connectivity index (χ0) is 21.9. The summed E-state index contributed by atoms with van der Waals surface area (Å²) >= 11 is 0. The first kappa shape index (κ1) is 19.6. The molecule has 0 aliphatic heterocycles. The number of nitrogens with zero attached hydrogens (tertiary/aromatic N) is 3. The Hall–Kier alpha value is -4.32. The molecule has 0 radical (unpaired) electrons. The third kappa shape index (κ3) is 3.86. The Labute approximate surface area is 184 Å². The van der Waals surface area contributed by atoms with Gasteiger partial charge in [-0.1, -0.05) is 66.7 Å². The summed E-state index contributed by atoms with van der Waals surface area (Å²) in [6, 6.07) is 26.3. The standard InChI is InChI=1S/C26H19FN4O/c27-22-12-6-18(7-13-22)16-29-26(32)23-17-30-31-24(14-15-28-25(23)31)21-10-8-20(9-11-21)19-4-2-1-3-5-19/h1-15,17H,16H2,(H,29,32). The molecule has 0 saturated heterocycles. The van der Waals surface area contributed by atoms with Crippen LogP contribution in [0.15, 0.2) is 97.3 Å². The highest BCUT2D eigenvalue weighted by atomic mass is 19.1. The quantitative estimate of drug-likeness (QED) is 0.427. The van der Waals surface area contributed by atoms with Crippen LogP contribution in [0.5, 0.6) is 0 Å². The summed E-state index contributed by atoms with van der Waals surface area (Å²) in [7, 11) is 0. The van der Waals surface area contributed by atoms with Crippen LogP contribution in [-0.4, -0.2) is 20.5 Å². The van der Waals surface area contributed by atoms with E-state index in [1.807, 2.05) is 36.4 Å². The zero-order valence-electron chi connectivity index (χ0n) is 17.1. The van der Waals surface area contributed by atoms with Crippen molar-refractivity contribution in [2.75, 3.05) is 0 Å². The summed E-state index contributed by atoms with van der Waals surface area (Å²) in [4.78, 5) is 17.1. The Kier molecular flexibility index (Phi) is 5.17. The van der Waals surface area contributed by atoms with Gasteiger partial charge in [0.25, 0.3) is 5.91 Å². The topological polar surface area (TPSA) is 59.3 Å². The molecule has 5 rings (SSSR count). The van der Waals surface area contributed by atoms with Crippen LogP contribution in [-0.2, 0) is 6.54 Å². The van der Waals surface area contributed by atoms with Crippen LogP contribution in [0.25, 0.3) is 28.0 Å². The maximum atomic E-state index is 13.1. The maximum absolute atomic E-state index is 13.1. The van der Waals surface area contributed by atoms with E-state index >= 15 is 0 Å². The lowest BCUT2D eigenvalue weighted by Crippen LogP contribution is -2.22. The highest BCUT2D eigenvalue weighted by molar-refractivity contribution is 5.99. The van der Waals surface area contributed by atoms with Crippen molar-refractivity contribution in [3.05, 3.63) is 114 Å². The second-order valence-electron chi connectivity index (χ2n) is 7.38. The second kappa shape index (κ2) is 8.43. The van der Waals surface area contributed by atoms with Crippen LogP contribution in [0.1, 0.15) is 15.9 Å². The molecule has 0 unspecified atom stereocenters. The molecule has 1 N–H and O–H groups in total. The number of hydrogen-bond donors (Lipinski definition) is 1. The Morgan fingerprint density at radius 1 is 0.844 bits per heavy atom. The molecule has 5 aromatic rings. The summed E-state index contributed by atoms with van der Waals surface area (Å²) < 4.78 is 14.7. The fourth-order valence-corrected chi connectivity index (χ4v) is 3.61. The number of benzene rings is 3. The molecule has 32 heavy (non-hydrogen) atoms. The molecule has 0 aliphatic rings. The molecular weight excluding hydrogens is 403 g/mol. The van der Waals surface area contributed by atoms with E-state index in [0.29, 0.717) is 11.2 Å². The maximum Gasteiger partial charge on any atom is 0.257 e. The highest BCUT2D eigenvalue weighted by Gasteiger charge is 2.16. The number of halogens is 1. The lowest BCUT2D eigenvalue weighted by atomic mass is 10.0. The Bertz CT molecular complexity index is 1380. The molecule has 1 amide bonds. The Balaban J connectivity index is 1.40. The SMILES string of the molecule is O=C(NCc1ccc(F)cc1)c1cnn2c(-c3ccc(-c4ccccc4)cc3)ccnc12. The predicted octanol–water partition coefficient (Wildman–Crippen LogP) is 5.13. The number of nitrogens with one attached hydrogen (secondary N) is 1. The van der Waals surface area contributed by atoms with Crippen LogP contribution in [0.4, 0.5) is 4.39 Å². The lowest BCUT2D eigenvalue weighted by Gasteiger charge is -2.07. The summed E-state index contributed by atoms with van der Waals surface area (Å²) in [5, 5.41) is 7.25. The summed E-state index contributed by atoms with van der Waals surface area (Å²) in [6.07, 6.45) is 3.19. The van der Waals surface area contributed by atoms with Gasteiger partial charge < -0.3 is 5.32 Å². The minimum Gasteiger partial charge on any atom is -0.348 e. The van der Waals surface area contributed by atoms with Gasteiger partial charge in [-0.25, -0.2) is 13.9 Å². The van der Waals surface area contributed by atoms with Crippen molar-refractivity contribution in [3.63, 3.8) is 0 Å². The number of aromatic nitrogens is 3. The lowest BCUT2D eigenvalue weighted by molar-refractivity contribution is 0.0952. The van der Waals surface area contributed by atoms with Gasteiger partial charge in [-0.15, -0.1) is 0 Å². The Morgan fingerprint density at radius 3 is 2.28 bits per heavy atom. The van der Waals surface area contributed by atoms with Gasteiger partial charge >= 0.3 is 0 Å². The fraction of sp³-hybridized carbons (Fsp3) is 0.0385. The van der Waals surface area contributed by atoms with Crippen LogP contribution in [0.2, 0.25) is 0 Å². The molecule has 0 aliphatic carbocycles. The minimum absolute atomic E-state index is 0.284. The van der Waals surface area contributed by atoms with Gasteiger partial charge in [0.05, 0.1) is 11.9 Å². The van der Waals surface area contributed by atoms with Gasteiger partial charge in [0.1, 0.15) is 11.4 Å². The average molecular weight is 422 g/mol. The van der Waals surface area contributed by atoms with Crippen molar-refractivity contribution >= 4 is 11.6 Å². The molecule has 156 valence electrons. The minimum atomic E-state index is -0.309. The first-order valence-electron chi connectivity index (χ1n) is 10.2. The number of carbonyl (C=O) groups excluding carboxylic acids is 1. The summed E-state index contributed by atoms with van der Waals surface area (Å²) in [5.74, 6) is -0.593. The fourth-order valence-electron chi connectivity index (χ4n) is 3.61. The van der Waals surface area contributed by atoms with Crippen molar-refractivity contribution in [2.45, 2.75) is 6.54 Å². The molecule has 0 saturated carbocycles. The normalized spacial score (nSPS) is 10.9. The molecule has 2 heterocycles. The third-order valence-corrected chi connectivity index (χ3v) is 5.30. The average Bonchev–Trinajstić information content (AvgIpc) is 3.29. The van der Waals surface area contributed by atoms with Gasteiger partial charge in [-0.05, 0) is 34.9 Å². The van der Waals surface area contributed by atoms with E-state index in [1.54, 1.807) is 22.8 Å². The van der Waals surface area contributed by atoms with Crippen molar-refractivity contribution < 1.29 is 9.18 Å². The summed E-state index contributed by atoms with van der Waals surface area (Å²) in [6.45, 7) is 0.289. The van der Waals surface area contributed by atoms with E-state index in [2.05, 4.69) is 39.7 Å². The van der Waals surface area contributed by atoms with Crippen LogP contribution < -0.4 is 5.32 Å². The second-order valence-corrected chi connectivity index (χ2v) is 7.38. The molecule has 0 bridgehead atoms. The van der Waals surface area contributed by atoms with E-state index in [4.69, 9.17) is 0 Å². The number of rotatable bonds is 5. The summed E-state index contributed by atoms with van der Waals surface area (Å²) in [5.41, 5.74) is 5.76. The van der Waals surface area contributed by atoms with E-state index in [1.165, 1.54) is 18.3 Å². The van der Waals surface area contributed by atoms with Crippen molar-refractivity contribution in [1.82, 2.24) is 19.9 Å². The number of hydrogen-bond acceptors (Lipinski definition) is 3. The van der Waals surface area contributed by atoms with Crippen LogP contribution in [0, 0.1) is 5.82 Å². The Morgan fingerprint density at radius 2 is 1.53 bits per heavy atom. The highest BCUT2D eigenvalue weighted by Crippen LogP contribution is 2.25. The first-order valence-corrected chi connectivity index (χ1v) is 10.2. The number of amides is 1. The van der Waals surface area contributed by atoms with Crippen LogP contribution in [0.3, 0.4) is 0 Å². The van der Waals surface area contributed by atoms with E-state index < -0.39 is 0 Å². The first-order chi connectivity index (χ1) is 15.7. The van der Waals surface area contributed by atoms with Crippen molar-refractivity contribution in [2.24, 2.45) is 0 Å². The van der Waals surface area contributed by atoms with Gasteiger partial charge in [-0.2, -0.15) is 5.10 Å². The molecule has 5 nitrogen and oxygen atoms in total. The molecule has 3 aromatic carbocycles. The van der Waals surface area contributed by atoms with Crippen molar-refractivity contribution in [1.29, 1.82) is 0 Å². The van der Waals surface area contributed by atoms with Gasteiger partial charge in [0.2, 0.25) is 0 Å². The van der Waals surface area contributed by atoms with Gasteiger partial charge in [0, 0.05) is 18.3 Å². The van der Waals surface area contributed by atoms with Crippen molar-refractivity contribution in [3.8, 4) is 22.4 Å². The molecule has 0 fully saturated rings. The monoisotopic (exact) mass is 422 g/mol. The van der Waals surface area contributed by atoms with Gasteiger partial charge in [0.15, 0.2) is 5.65 Å². The van der Waals surface area contributed by atoms with E-state index in [-0.39, 0.29) is 18.3 Å². The van der Waals surface area contributed by atoms with E-state index in [0.717, 1.165) is 27.9 Å². The number of carbonyl (C=O) groups is 1. The smallest absolute Gasteiger partial charge is 0.257 e. The number of fused-ring (bicyclic) bond motifs is 1. The predicted molar refractivity (Wildman–Crippen MR) is 121 cm³/mol. The van der Waals surface area contributed by atoms with E-state index in [9.17, 15) is 9.18 Å². The van der Waals surface area contributed by atoms with Crippen LogP contribution >= 0.6 is 0 Å². The third-order valence-electron chi connectivity index (χ3n) is 5.30. The zero-order valence-corrected chi connectivity index (χ0v) is 17.1. The largest absolute Gasteiger partial charge is 0.348 e. The molecule has 0 atom stereocenters. The molecule has 6 heteroatoms. The molecule has 0 spiro atoms. The van der Waals surface area contributed by atoms with Gasteiger partial charge in [-0.3, -0.25) is 4.79 Å².